The molecule has 1 aromatic rings. The van der Waals surface area contributed by atoms with Crippen LogP contribution in [0.3, 0.4) is 0 Å². The Morgan fingerprint density at radius 2 is 2.17 bits per heavy atom. The van der Waals surface area contributed by atoms with E-state index in [0.717, 1.165) is 0 Å². The number of sulfone groups is 1. The van der Waals surface area contributed by atoms with Gasteiger partial charge >= 0.3 is 11.8 Å². The predicted molar refractivity (Wildman–Crippen MR) is 90.7 cm³/mol. The standard InChI is InChI=1S/C15H19ClN2O5S/c1-23-7-6-18(13-5-8-24(21,22)10-13)15(20)14(19)17-12-4-2-3-11(16)9-12/h2-4,9,13H,5-8,10H2,1H3,(H,17,19). The van der Waals surface area contributed by atoms with E-state index < -0.39 is 27.7 Å². The van der Waals surface area contributed by atoms with Crippen LogP contribution < -0.4 is 5.32 Å². The van der Waals surface area contributed by atoms with Crippen molar-refractivity contribution in [2.75, 3.05) is 37.1 Å². The van der Waals surface area contributed by atoms with Crippen molar-refractivity contribution >= 4 is 38.9 Å². The first-order chi connectivity index (χ1) is 11.3. The van der Waals surface area contributed by atoms with Crippen LogP contribution in [0.15, 0.2) is 24.3 Å². The summed E-state index contributed by atoms with van der Waals surface area (Å²) in [5.41, 5.74) is 0.395. The maximum atomic E-state index is 12.5. The number of rotatable bonds is 5. The van der Waals surface area contributed by atoms with E-state index in [0.29, 0.717) is 17.1 Å². The van der Waals surface area contributed by atoms with Crippen molar-refractivity contribution < 1.29 is 22.7 Å². The summed E-state index contributed by atoms with van der Waals surface area (Å²) in [6.07, 6.45) is 0.322. The Kier molecular flexibility index (Phi) is 6.20. The van der Waals surface area contributed by atoms with E-state index >= 15 is 0 Å². The fourth-order valence-corrected chi connectivity index (χ4v) is 4.46. The number of halogens is 1. The molecule has 1 saturated heterocycles. The molecule has 1 fully saturated rings. The summed E-state index contributed by atoms with van der Waals surface area (Å²) in [6, 6.07) is 5.91. The van der Waals surface area contributed by atoms with Gasteiger partial charge in [-0.1, -0.05) is 17.7 Å². The van der Waals surface area contributed by atoms with Gasteiger partial charge in [0, 0.05) is 30.4 Å². The van der Waals surface area contributed by atoms with Crippen molar-refractivity contribution in [2.24, 2.45) is 0 Å². The van der Waals surface area contributed by atoms with Crippen LogP contribution in [0, 0.1) is 0 Å². The molecular formula is C15H19ClN2O5S. The average molecular weight is 375 g/mol. The highest BCUT2D eigenvalue weighted by Gasteiger charge is 2.36. The van der Waals surface area contributed by atoms with Crippen LogP contribution in [-0.2, 0) is 24.2 Å². The molecule has 0 bridgehead atoms. The first-order valence-corrected chi connectivity index (χ1v) is 9.59. The molecule has 0 spiro atoms. The van der Waals surface area contributed by atoms with Gasteiger partial charge in [-0.05, 0) is 24.6 Å². The van der Waals surface area contributed by atoms with E-state index in [1.165, 1.54) is 18.1 Å². The quantitative estimate of drug-likeness (QED) is 0.774. The van der Waals surface area contributed by atoms with E-state index in [1.807, 2.05) is 0 Å². The summed E-state index contributed by atoms with van der Waals surface area (Å²) in [4.78, 5) is 25.9. The number of carbonyl (C=O) groups is 2. The lowest BCUT2D eigenvalue weighted by Crippen LogP contribution is -2.47. The van der Waals surface area contributed by atoms with Gasteiger partial charge in [-0.3, -0.25) is 9.59 Å². The monoisotopic (exact) mass is 374 g/mol. The first kappa shape index (κ1) is 18.7. The van der Waals surface area contributed by atoms with Crippen LogP contribution in [0.1, 0.15) is 6.42 Å². The van der Waals surface area contributed by atoms with Gasteiger partial charge in [0.1, 0.15) is 0 Å². The van der Waals surface area contributed by atoms with Gasteiger partial charge in [-0.25, -0.2) is 8.42 Å². The number of nitrogens with zero attached hydrogens (tertiary/aromatic N) is 1. The van der Waals surface area contributed by atoms with Gasteiger partial charge in [-0.2, -0.15) is 0 Å². The predicted octanol–water partition coefficient (Wildman–Crippen LogP) is 0.941. The van der Waals surface area contributed by atoms with Gasteiger partial charge < -0.3 is 15.0 Å². The van der Waals surface area contributed by atoms with Gasteiger partial charge in [-0.15, -0.1) is 0 Å². The number of ether oxygens (including phenoxy) is 1. The van der Waals surface area contributed by atoms with Gasteiger partial charge in [0.2, 0.25) is 0 Å². The molecule has 0 aliphatic carbocycles. The summed E-state index contributed by atoms with van der Waals surface area (Å²) in [7, 11) is -1.70. The molecule has 1 atom stereocenters. The van der Waals surface area contributed by atoms with Gasteiger partial charge in [0.05, 0.1) is 18.1 Å². The third-order valence-corrected chi connectivity index (χ3v) is 5.71. The zero-order valence-corrected chi connectivity index (χ0v) is 14.8. The Morgan fingerprint density at radius 3 is 2.75 bits per heavy atom. The number of hydrogen-bond acceptors (Lipinski definition) is 5. The van der Waals surface area contributed by atoms with Crippen molar-refractivity contribution in [1.82, 2.24) is 4.90 Å². The molecule has 1 aliphatic heterocycles. The Labute approximate surface area is 145 Å². The second-order valence-corrected chi connectivity index (χ2v) is 8.18. The SMILES string of the molecule is COCCN(C(=O)C(=O)Nc1cccc(Cl)c1)C1CCS(=O)(=O)C1. The van der Waals surface area contributed by atoms with E-state index in [9.17, 15) is 18.0 Å². The van der Waals surface area contributed by atoms with E-state index in [2.05, 4.69) is 5.32 Å². The summed E-state index contributed by atoms with van der Waals surface area (Å²) in [5, 5.41) is 2.91. The number of carbonyl (C=O) groups excluding carboxylic acids is 2. The molecule has 2 rings (SSSR count). The van der Waals surface area contributed by atoms with Crippen molar-refractivity contribution in [3.8, 4) is 0 Å². The molecule has 0 saturated carbocycles. The molecule has 1 aliphatic rings. The zero-order chi connectivity index (χ0) is 17.7. The summed E-state index contributed by atoms with van der Waals surface area (Å²) in [6.45, 7) is 0.366. The number of amides is 2. The third kappa shape index (κ3) is 4.93. The molecule has 0 radical (unpaired) electrons. The number of hydrogen-bond donors (Lipinski definition) is 1. The van der Waals surface area contributed by atoms with Crippen LogP contribution in [0.25, 0.3) is 0 Å². The lowest BCUT2D eigenvalue weighted by molar-refractivity contribution is -0.144. The van der Waals surface area contributed by atoms with Crippen molar-refractivity contribution in [1.29, 1.82) is 0 Å². The molecule has 1 heterocycles. The van der Waals surface area contributed by atoms with Gasteiger partial charge in [0.25, 0.3) is 0 Å². The zero-order valence-electron chi connectivity index (χ0n) is 13.2. The topological polar surface area (TPSA) is 92.8 Å². The largest absolute Gasteiger partial charge is 0.383 e. The number of benzene rings is 1. The Bertz CT molecular complexity index is 722. The summed E-state index contributed by atoms with van der Waals surface area (Å²) in [5.74, 6) is -1.73. The highest BCUT2D eigenvalue weighted by atomic mass is 35.5. The Morgan fingerprint density at radius 1 is 1.42 bits per heavy atom. The lowest BCUT2D eigenvalue weighted by atomic mass is 10.2. The van der Waals surface area contributed by atoms with Crippen molar-refractivity contribution in [3.05, 3.63) is 29.3 Å². The fraction of sp³-hybridized carbons (Fsp3) is 0.467. The smallest absolute Gasteiger partial charge is 0.313 e. The van der Waals surface area contributed by atoms with Crippen LogP contribution in [0.2, 0.25) is 5.02 Å². The van der Waals surface area contributed by atoms with E-state index in [1.54, 1.807) is 18.2 Å². The van der Waals surface area contributed by atoms with Crippen molar-refractivity contribution in [3.63, 3.8) is 0 Å². The molecule has 7 nitrogen and oxygen atoms in total. The second kappa shape index (κ2) is 7.96. The van der Waals surface area contributed by atoms with Crippen molar-refractivity contribution in [2.45, 2.75) is 12.5 Å². The average Bonchev–Trinajstić information content (AvgIpc) is 2.87. The highest BCUT2D eigenvalue weighted by Crippen LogP contribution is 2.19. The molecule has 24 heavy (non-hydrogen) atoms. The van der Waals surface area contributed by atoms with Crippen LogP contribution in [0.4, 0.5) is 5.69 Å². The van der Waals surface area contributed by atoms with E-state index in [-0.39, 0.29) is 24.7 Å². The molecule has 2 amide bonds. The lowest BCUT2D eigenvalue weighted by Gasteiger charge is -2.27. The molecule has 1 N–H and O–H groups in total. The molecule has 1 unspecified atom stereocenters. The third-order valence-electron chi connectivity index (χ3n) is 3.72. The molecular weight excluding hydrogens is 356 g/mol. The second-order valence-electron chi connectivity index (χ2n) is 5.51. The number of anilines is 1. The summed E-state index contributed by atoms with van der Waals surface area (Å²) < 4.78 is 28.3. The minimum Gasteiger partial charge on any atom is -0.383 e. The minimum atomic E-state index is -3.17. The molecule has 9 heteroatoms. The van der Waals surface area contributed by atoms with Crippen LogP contribution in [-0.4, -0.2) is 62.9 Å². The summed E-state index contributed by atoms with van der Waals surface area (Å²) >= 11 is 5.84. The molecule has 132 valence electrons. The molecule has 1 aromatic carbocycles. The van der Waals surface area contributed by atoms with Crippen LogP contribution in [0.5, 0.6) is 0 Å². The minimum absolute atomic E-state index is 0.0182. The van der Waals surface area contributed by atoms with Crippen LogP contribution >= 0.6 is 11.6 Å². The Hall–Kier alpha value is -1.64. The van der Waals surface area contributed by atoms with Gasteiger partial charge in [0.15, 0.2) is 9.84 Å². The Balaban J connectivity index is 2.10. The number of nitrogens with one attached hydrogen (secondary N) is 1. The maximum absolute atomic E-state index is 12.5. The maximum Gasteiger partial charge on any atom is 0.313 e. The highest BCUT2D eigenvalue weighted by molar-refractivity contribution is 7.91. The number of methoxy groups -OCH3 is 1. The first-order valence-electron chi connectivity index (χ1n) is 7.39. The van der Waals surface area contributed by atoms with E-state index in [4.69, 9.17) is 16.3 Å². The fourth-order valence-electron chi connectivity index (χ4n) is 2.54. The molecule has 0 aromatic heterocycles. The normalized spacial score (nSPS) is 19.0.